The second kappa shape index (κ2) is 10.0. The van der Waals surface area contributed by atoms with Gasteiger partial charge in [0.2, 0.25) is 0 Å². The summed E-state index contributed by atoms with van der Waals surface area (Å²) in [6.45, 7) is 1.98. The van der Waals surface area contributed by atoms with E-state index in [-0.39, 0.29) is 5.96 Å². The van der Waals surface area contributed by atoms with E-state index in [4.69, 9.17) is 5.41 Å². The molecule has 0 fully saturated rings. The number of unbranched alkanes of at least 4 members (excludes halogenated alkanes) is 1. The maximum Gasteiger partial charge on any atom is 0.183 e. The van der Waals surface area contributed by atoms with Crippen LogP contribution in [0.5, 0.6) is 0 Å². The third-order valence-electron chi connectivity index (χ3n) is 0.407. The van der Waals surface area contributed by atoms with Gasteiger partial charge in [-0.1, -0.05) is 6.92 Å². The fourth-order valence-electron chi connectivity index (χ4n) is 0.118. The average molecular weight is 131 g/mol. The summed E-state index contributed by atoms with van der Waals surface area (Å²) >= 11 is 0. The minimum Gasteiger partial charge on any atom is -0.370 e. The van der Waals surface area contributed by atoms with Gasteiger partial charge >= 0.3 is 0 Å². The molecule has 0 bridgehead atoms. The molecule has 0 amide bonds. The fourth-order valence-corrected chi connectivity index (χ4v) is 0.118. The van der Waals surface area contributed by atoms with E-state index in [1.165, 1.54) is 0 Å². The van der Waals surface area contributed by atoms with Crippen molar-refractivity contribution in [3.63, 3.8) is 0 Å². The van der Waals surface area contributed by atoms with Gasteiger partial charge in [0.1, 0.15) is 6.29 Å². The summed E-state index contributed by atoms with van der Waals surface area (Å²) in [5.41, 5.74) is 8.94. The Morgan fingerprint density at radius 3 is 2.00 bits per heavy atom. The predicted octanol–water partition coefficient (Wildman–Crippen LogP) is -0.176. The summed E-state index contributed by atoms with van der Waals surface area (Å²) in [5, 5.41) is 6.06. The van der Waals surface area contributed by atoms with Crippen molar-refractivity contribution in [3.05, 3.63) is 0 Å². The summed E-state index contributed by atoms with van der Waals surface area (Å²) in [7, 11) is 0. The number of hydrogen-bond donors (Lipinski definition) is 3. The Labute approximate surface area is 54.7 Å². The summed E-state index contributed by atoms with van der Waals surface area (Å²) in [4.78, 5) is 9.40. The minimum absolute atomic E-state index is 0.333. The van der Waals surface area contributed by atoms with Crippen LogP contribution in [0.3, 0.4) is 0 Å². The van der Waals surface area contributed by atoms with Gasteiger partial charge in [0.25, 0.3) is 0 Å². The first-order valence-electron chi connectivity index (χ1n) is 2.68. The maximum atomic E-state index is 9.40. The van der Waals surface area contributed by atoms with Crippen LogP contribution < -0.4 is 11.5 Å². The van der Waals surface area contributed by atoms with E-state index in [0.717, 1.165) is 12.7 Å². The van der Waals surface area contributed by atoms with E-state index in [0.29, 0.717) is 6.42 Å². The molecule has 4 nitrogen and oxygen atoms in total. The van der Waals surface area contributed by atoms with Crippen LogP contribution in [0.4, 0.5) is 0 Å². The lowest BCUT2D eigenvalue weighted by molar-refractivity contribution is -0.107. The zero-order valence-electron chi connectivity index (χ0n) is 5.55. The highest BCUT2D eigenvalue weighted by Crippen LogP contribution is 1.74. The molecule has 0 saturated heterocycles. The van der Waals surface area contributed by atoms with Crippen molar-refractivity contribution in [2.24, 2.45) is 11.5 Å². The summed E-state index contributed by atoms with van der Waals surface area (Å²) in [6.07, 6.45) is 2.61. The highest BCUT2D eigenvalue weighted by atomic mass is 16.1. The number of hydrogen-bond acceptors (Lipinski definition) is 2. The molecule has 0 unspecified atom stereocenters. The highest BCUT2D eigenvalue weighted by Gasteiger charge is 1.66. The van der Waals surface area contributed by atoms with Gasteiger partial charge in [-0.15, -0.1) is 0 Å². The quantitative estimate of drug-likeness (QED) is 0.276. The number of rotatable bonds is 2. The zero-order valence-corrected chi connectivity index (χ0v) is 5.55. The molecular formula is C5H13N3O. The lowest BCUT2D eigenvalue weighted by Gasteiger charge is -1.69. The molecule has 0 aromatic heterocycles. The van der Waals surface area contributed by atoms with Gasteiger partial charge in [-0.25, -0.2) is 0 Å². The molecule has 0 heterocycles. The summed E-state index contributed by atoms with van der Waals surface area (Å²) in [6, 6.07) is 0. The molecule has 0 saturated carbocycles. The first kappa shape index (κ1) is 10.8. The Kier molecular flexibility index (Phi) is 12.1. The van der Waals surface area contributed by atoms with Gasteiger partial charge < -0.3 is 16.3 Å². The van der Waals surface area contributed by atoms with E-state index in [1.807, 2.05) is 6.92 Å². The van der Waals surface area contributed by atoms with Crippen LogP contribution in [0.1, 0.15) is 19.8 Å². The SMILES string of the molecule is CCCC=O.N=C(N)N. The van der Waals surface area contributed by atoms with Crippen molar-refractivity contribution >= 4 is 12.2 Å². The van der Waals surface area contributed by atoms with Crippen molar-refractivity contribution in [1.82, 2.24) is 0 Å². The van der Waals surface area contributed by atoms with E-state index in [9.17, 15) is 4.79 Å². The molecular weight excluding hydrogens is 118 g/mol. The van der Waals surface area contributed by atoms with Gasteiger partial charge in [0, 0.05) is 6.42 Å². The molecule has 4 heteroatoms. The Morgan fingerprint density at radius 1 is 1.67 bits per heavy atom. The predicted molar refractivity (Wildman–Crippen MR) is 37.1 cm³/mol. The second-order valence-corrected chi connectivity index (χ2v) is 1.41. The molecule has 0 aromatic rings. The Morgan fingerprint density at radius 2 is 2.00 bits per heavy atom. The summed E-state index contributed by atoms with van der Waals surface area (Å²) < 4.78 is 0. The first-order chi connectivity index (χ1) is 4.15. The molecule has 5 N–H and O–H groups in total. The molecule has 0 spiro atoms. The van der Waals surface area contributed by atoms with Crippen LogP contribution in [0, 0.1) is 5.41 Å². The Bertz CT molecular complexity index is 78.3. The lowest BCUT2D eigenvalue weighted by atomic mass is 10.4. The third-order valence-corrected chi connectivity index (χ3v) is 0.407. The monoisotopic (exact) mass is 131 g/mol. The molecule has 9 heavy (non-hydrogen) atoms. The smallest absolute Gasteiger partial charge is 0.183 e. The van der Waals surface area contributed by atoms with Crippen LogP contribution in [-0.2, 0) is 4.79 Å². The van der Waals surface area contributed by atoms with E-state index >= 15 is 0 Å². The van der Waals surface area contributed by atoms with Crippen LogP contribution in [0.25, 0.3) is 0 Å². The fraction of sp³-hybridized carbons (Fsp3) is 0.600. The van der Waals surface area contributed by atoms with Crippen LogP contribution in [0.15, 0.2) is 0 Å². The van der Waals surface area contributed by atoms with Gasteiger partial charge in [0.05, 0.1) is 0 Å². The minimum atomic E-state index is -0.333. The van der Waals surface area contributed by atoms with Gasteiger partial charge in [-0.2, -0.15) is 0 Å². The van der Waals surface area contributed by atoms with E-state index < -0.39 is 0 Å². The third kappa shape index (κ3) is 192. The topological polar surface area (TPSA) is 93.0 Å². The Balaban J connectivity index is 0. The largest absolute Gasteiger partial charge is 0.370 e. The molecule has 0 radical (unpaired) electrons. The summed E-state index contributed by atoms with van der Waals surface area (Å²) in [5.74, 6) is -0.333. The number of aldehydes is 1. The van der Waals surface area contributed by atoms with Gasteiger partial charge in [0.15, 0.2) is 5.96 Å². The molecule has 54 valence electrons. The zero-order chi connectivity index (χ0) is 7.70. The van der Waals surface area contributed by atoms with Crippen molar-refractivity contribution in [3.8, 4) is 0 Å². The number of nitrogens with two attached hydrogens (primary N) is 2. The molecule has 0 aromatic carbocycles. The number of carbonyl (C=O) groups is 1. The van der Waals surface area contributed by atoms with Gasteiger partial charge in [-0.3, -0.25) is 5.41 Å². The first-order valence-corrected chi connectivity index (χ1v) is 2.68. The van der Waals surface area contributed by atoms with Crippen LogP contribution >= 0.6 is 0 Å². The normalized spacial score (nSPS) is 6.78. The van der Waals surface area contributed by atoms with Crippen molar-refractivity contribution < 1.29 is 4.79 Å². The van der Waals surface area contributed by atoms with Crippen molar-refractivity contribution in [2.75, 3.05) is 0 Å². The van der Waals surface area contributed by atoms with Gasteiger partial charge in [-0.05, 0) is 6.42 Å². The molecule has 0 aliphatic carbocycles. The van der Waals surface area contributed by atoms with Crippen LogP contribution in [0.2, 0.25) is 0 Å². The van der Waals surface area contributed by atoms with E-state index in [2.05, 4.69) is 11.5 Å². The number of nitrogens with one attached hydrogen (secondary N) is 1. The lowest BCUT2D eigenvalue weighted by Crippen LogP contribution is -2.20. The van der Waals surface area contributed by atoms with Crippen molar-refractivity contribution in [2.45, 2.75) is 19.8 Å². The maximum absolute atomic E-state index is 9.40. The van der Waals surface area contributed by atoms with Crippen LogP contribution in [-0.4, -0.2) is 12.2 Å². The molecule has 0 atom stereocenters. The molecule has 0 aliphatic heterocycles. The second-order valence-electron chi connectivity index (χ2n) is 1.41. The van der Waals surface area contributed by atoms with E-state index in [1.54, 1.807) is 0 Å². The number of guanidine groups is 1. The molecule has 0 rings (SSSR count). The standard InChI is InChI=1S/C4H8O.CH5N3/c1-2-3-4-5;2-1(3)4/h4H,2-3H2,1H3;(H5,2,3,4). The van der Waals surface area contributed by atoms with Crippen molar-refractivity contribution in [1.29, 1.82) is 5.41 Å². The molecule has 0 aliphatic rings. The highest BCUT2D eigenvalue weighted by molar-refractivity contribution is 5.71. The average Bonchev–Trinajstić information content (AvgIpc) is 1.66. The number of carbonyl (C=O) groups excluding carboxylic acids is 1. The Hall–Kier alpha value is -1.06.